The van der Waals surface area contributed by atoms with Gasteiger partial charge in [-0.1, -0.05) is 41.6 Å². The SMILES string of the molecule is C=CCSc1nc2c(c(=O)[nH]1)[C@@H](c1ccc(C)cc1C)CC(=O)N2. The molecule has 0 bridgehead atoms. The van der Waals surface area contributed by atoms with Gasteiger partial charge in [-0.05, 0) is 25.0 Å². The van der Waals surface area contributed by atoms with Gasteiger partial charge in [0, 0.05) is 18.1 Å². The molecule has 0 saturated carbocycles. The average molecular weight is 341 g/mol. The van der Waals surface area contributed by atoms with Crippen LogP contribution in [0, 0.1) is 13.8 Å². The number of thioether (sulfide) groups is 1. The second-order valence-electron chi connectivity index (χ2n) is 5.90. The molecule has 0 radical (unpaired) electrons. The molecule has 2 heterocycles. The van der Waals surface area contributed by atoms with E-state index in [1.54, 1.807) is 6.08 Å². The molecule has 1 aliphatic heterocycles. The zero-order valence-electron chi connectivity index (χ0n) is 13.7. The van der Waals surface area contributed by atoms with Gasteiger partial charge < -0.3 is 10.3 Å². The normalized spacial score (nSPS) is 16.4. The van der Waals surface area contributed by atoms with Crippen LogP contribution in [0.25, 0.3) is 0 Å². The first-order chi connectivity index (χ1) is 11.5. The number of anilines is 1. The predicted octanol–water partition coefficient (Wildman–Crippen LogP) is 3.14. The van der Waals surface area contributed by atoms with E-state index in [1.165, 1.54) is 11.8 Å². The molecule has 2 aromatic rings. The fraction of sp³-hybridized carbons (Fsp3) is 0.278. The first kappa shape index (κ1) is 16.5. The van der Waals surface area contributed by atoms with Crippen LogP contribution in [-0.2, 0) is 4.79 Å². The number of aromatic nitrogens is 2. The summed E-state index contributed by atoms with van der Waals surface area (Å²) in [5.41, 5.74) is 3.56. The van der Waals surface area contributed by atoms with E-state index in [-0.39, 0.29) is 23.8 Å². The summed E-state index contributed by atoms with van der Waals surface area (Å²) in [6, 6.07) is 6.07. The summed E-state index contributed by atoms with van der Waals surface area (Å²) in [5.74, 6) is 0.608. The third-order valence-electron chi connectivity index (χ3n) is 4.07. The van der Waals surface area contributed by atoms with Crippen molar-refractivity contribution in [2.24, 2.45) is 0 Å². The Bertz CT molecular complexity index is 873. The van der Waals surface area contributed by atoms with Gasteiger partial charge in [0.25, 0.3) is 5.56 Å². The van der Waals surface area contributed by atoms with Gasteiger partial charge in [0.1, 0.15) is 5.82 Å². The Morgan fingerprint density at radius 2 is 2.17 bits per heavy atom. The van der Waals surface area contributed by atoms with Gasteiger partial charge >= 0.3 is 0 Å². The molecule has 24 heavy (non-hydrogen) atoms. The largest absolute Gasteiger partial charge is 0.310 e. The minimum atomic E-state index is -0.274. The Labute approximate surface area is 144 Å². The summed E-state index contributed by atoms with van der Waals surface area (Å²) in [6.45, 7) is 7.68. The zero-order chi connectivity index (χ0) is 17.3. The molecule has 6 heteroatoms. The molecule has 124 valence electrons. The highest BCUT2D eigenvalue weighted by molar-refractivity contribution is 7.99. The van der Waals surface area contributed by atoms with E-state index < -0.39 is 0 Å². The highest BCUT2D eigenvalue weighted by Crippen LogP contribution is 2.36. The van der Waals surface area contributed by atoms with Crippen LogP contribution in [0.2, 0.25) is 0 Å². The molecule has 1 amide bonds. The second-order valence-corrected chi connectivity index (χ2v) is 6.91. The number of benzene rings is 1. The second kappa shape index (κ2) is 6.65. The number of aromatic amines is 1. The smallest absolute Gasteiger partial charge is 0.257 e. The number of hydrogen-bond acceptors (Lipinski definition) is 4. The lowest BCUT2D eigenvalue weighted by Gasteiger charge is -2.25. The lowest BCUT2D eigenvalue weighted by molar-refractivity contribution is -0.116. The molecule has 1 aromatic heterocycles. The number of nitrogens with one attached hydrogen (secondary N) is 2. The highest BCUT2D eigenvalue weighted by Gasteiger charge is 2.31. The quantitative estimate of drug-likeness (QED) is 0.509. The molecule has 0 saturated heterocycles. The minimum Gasteiger partial charge on any atom is -0.310 e. The summed E-state index contributed by atoms with van der Waals surface area (Å²) in [7, 11) is 0. The first-order valence-corrected chi connectivity index (χ1v) is 8.73. The third kappa shape index (κ3) is 3.14. The fourth-order valence-corrected chi connectivity index (χ4v) is 3.64. The number of rotatable bonds is 4. The summed E-state index contributed by atoms with van der Waals surface area (Å²) >= 11 is 1.37. The van der Waals surface area contributed by atoms with Crippen LogP contribution in [0.3, 0.4) is 0 Å². The van der Waals surface area contributed by atoms with Gasteiger partial charge in [-0.15, -0.1) is 6.58 Å². The molecule has 1 aromatic carbocycles. The number of carbonyl (C=O) groups excluding carboxylic acids is 1. The van der Waals surface area contributed by atoms with E-state index in [0.717, 1.165) is 16.7 Å². The van der Waals surface area contributed by atoms with Crippen molar-refractivity contribution >= 4 is 23.5 Å². The van der Waals surface area contributed by atoms with Crippen molar-refractivity contribution < 1.29 is 4.79 Å². The monoisotopic (exact) mass is 341 g/mol. The van der Waals surface area contributed by atoms with E-state index in [0.29, 0.717) is 22.3 Å². The number of hydrogen-bond donors (Lipinski definition) is 2. The third-order valence-corrected chi connectivity index (χ3v) is 4.94. The molecular formula is C18H19N3O2S. The van der Waals surface area contributed by atoms with Crippen LogP contribution in [0.15, 0.2) is 40.8 Å². The molecule has 2 N–H and O–H groups in total. The maximum Gasteiger partial charge on any atom is 0.257 e. The van der Waals surface area contributed by atoms with Crippen molar-refractivity contribution in [3.05, 3.63) is 63.5 Å². The van der Waals surface area contributed by atoms with Gasteiger partial charge in [-0.3, -0.25) is 9.59 Å². The van der Waals surface area contributed by atoms with E-state index in [9.17, 15) is 9.59 Å². The fourth-order valence-electron chi connectivity index (χ4n) is 3.04. The van der Waals surface area contributed by atoms with Crippen molar-refractivity contribution in [3.63, 3.8) is 0 Å². The van der Waals surface area contributed by atoms with Crippen molar-refractivity contribution in [1.29, 1.82) is 0 Å². The highest BCUT2D eigenvalue weighted by atomic mass is 32.2. The lowest BCUT2D eigenvalue weighted by Crippen LogP contribution is -2.31. The Hall–Kier alpha value is -2.34. The molecule has 0 unspecified atom stereocenters. The summed E-state index contributed by atoms with van der Waals surface area (Å²) in [5, 5.41) is 3.23. The first-order valence-electron chi connectivity index (χ1n) is 7.74. The number of nitrogens with zero attached hydrogens (tertiary/aromatic N) is 1. The van der Waals surface area contributed by atoms with Crippen LogP contribution in [0.1, 0.15) is 34.6 Å². The molecule has 0 aliphatic carbocycles. The molecule has 0 fully saturated rings. The van der Waals surface area contributed by atoms with Gasteiger partial charge in [0.2, 0.25) is 5.91 Å². The van der Waals surface area contributed by atoms with E-state index in [2.05, 4.69) is 27.9 Å². The molecule has 3 rings (SSSR count). The van der Waals surface area contributed by atoms with Crippen molar-refractivity contribution in [2.45, 2.75) is 31.3 Å². The number of H-pyrrole nitrogens is 1. The van der Waals surface area contributed by atoms with Crippen molar-refractivity contribution in [2.75, 3.05) is 11.1 Å². The molecular weight excluding hydrogens is 322 g/mol. The average Bonchev–Trinajstić information content (AvgIpc) is 2.51. The van der Waals surface area contributed by atoms with Crippen LogP contribution in [0.4, 0.5) is 5.82 Å². The Balaban J connectivity index is 2.11. The molecule has 5 nitrogen and oxygen atoms in total. The molecule has 1 aliphatic rings. The number of carbonyl (C=O) groups is 1. The molecule has 1 atom stereocenters. The van der Waals surface area contributed by atoms with Gasteiger partial charge in [-0.25, -0.2) is 4.98 Å². The topological polar surface area (TPSA) is 74.8 Å². The lowest BCUT2D eigenvalue weighted by atomic mass is 9.84. The summed E-state index contributed by atoms with van der Waals surface area (Å²) < 4.78 is 0. The summed E-state index contributed by atoms with van der Waals surface area (Å²) in [6.07, 6.45) is 1.99. The van der Waals surface area contributed by atoms with Crippen LogP contribution in [0.5, 0.6) is 0 Å². The van der Waals surface area contributed by atoms with Crippen LogP contribution in [-0.4, -0.2) is 21.6 Å². The Morgan fingerprint density at radius 1 is 1.38 bits per heavy atom. The van der Waals surface area contributed by atoms with Gasteiger partial charge in [0.15, 0.2) is 5.16 Å². The number of aryl methyl sites for hydroxylation is 2. The standard InChI is InChI=1S/C18H19N3O2S/c1-4-7-24-18-20-16-15(17(23)21-18)13(9-14(22)19-16)12-6-5-10(2)8-11(12)3/h4-6,8,13H,1,7,9H2,2-3H3,(H2,19,20,21,22,23)/t13-/m1/s1. The van der Waals surface area contributed by atoms with Gasteiger partial charge in [0.05, 0.1) is 5.56 Å². The maximum atomic E-state index is 12.6. The Kier molecular flexibility index (Phi) is 4.57. The summed E-state index contributed by atoms with van der Waals surface area (Å²) in [4.78, 5) is 32.0. The van der Waals surface area contributed by atoms with E-state index in [1.807, 2.05) is 26.0 Å². The van der Waals surface area contributed by atoms with Crippen molar-refractivity contribution in [3.8, 4) is 0 Å². The zero-order valence-corrected chi connectivity index (χ0v) is 14.5. The van der Waals surface area contributed by atoms with Crippen molar-refractivity contribution in [1.82, 2.24) is 9.97 Å². The van der Waals surface area contributed by atoms with Gasteiger partial charge in [-0.2, -0.15) is 0 Å². The van der Waals surface area contributed by atoms with Crippen LogP contribution < -0.4 is 10.9 Å². The minimum absolute atomic E-state index is 0.120. The number of amides is 1. The predicted molar refractivity (Wildman–Crippen MR) is 96.8 cm³/mol. The molecule has 0 spiro atoms. The maximum absolute atomic E-state index is 12.6. The van der Waals surface area contributed by atoms with Crippen LogP contribution >= 0.6 is 11.8 Å². The van der Waals surface area contributed by atoms with E-state index in [4.69, 9.17) is 0 Å². The van der Waals surface area contributed by atoms with E-state index >= 15 is 0 Å². The Morgan fingerprint density at radius 3 is 2.88 bits per heavy atom. The number of fused-ring (bicyclic) bond motifs is 1.